The molecule has 682 valence electrons. The monoisotopic (exact) mass is 2150 g/mol. The van der Waals surface area contributed by atoms with Crippen molar-refractivity contribution in [3.63, 3.8) is 0 Å². The Kier molecular flexibility index (Phi) is 51.7. The number of aryl methyl sites for hydroxylation is 1. The summed E-state index contributed by atoms with van der Waals surface area (Å²) in [5, 5.41) is 16.3. The fourth-order valence-corrected chi connectivity index (χ4v) is 12.2. The summed E-state index contributed by atoms with van der Waals surface area (Å²) in [7, 11) is 7.05. The summed E-state index contributed by atoms with van der Waals surface area (Å²) in [5.41, 5.74) is 8.90. The van der Waals surface area contributed by atoms with Gasteiger partial charge in [-0.1, -0.05) is 91.4 Å². The van der Waals surface area contributed by atoms with Gasteiger partial charge in [-0.25, -0.2) is 21.4 Å². The van der Waals surface area contributed by atoms with Crippen LogP contribution in [0.15, 0.2) is 246 Å². The third-order valence-corrected chi connectivity index (χ3v) is 18.0. The van der Waals surface area contributed by atoms with Crippen molar-refractivity contribution < 1.29 is 258 Å². The zero-order valence-electron chi connectivity index (χ0n) is 73.0. The molecular weight excluding hydrogens is 2040 g/mol. The number of hydroxylamine groups is 4. The van der Waals surface area contributed by atoms with Crippen molar-refractivity contribution in [1.82, 2.24) is 10.1 Å². The van der Waals surface area contributed by atoms with E-state index in [9.17, 15) is 54.7 Å². The average Bonchev–Trinajstić information content (AvgIpc) is 1.70. The molecule has 2 aliphatic heterocycles. The van der Waals surface area contributed by atoms with Crippen molar-refractivity contribution in [3.05, 3.63) is 275 Å². The van der Waals surface area contributed by atoms with Crippen LogP contribution in [0.4, 0.5) is 35.5 Å². The second-order valence-electron chi connectivity index (χ2n) is 29.1. The molecule has 0 fully saturated rings. The first-order valence-corrected chi connectivity index (χ1v) is 39.5. The molecule has 0 bridgehead atoms. The molecule has 0 unspecified atom stereocenters. The molecule has 130 heavy (non-hydrogen) atoms. The largest absolute Gasteiger partial charge is 1.00 e. The van der Waals surface area contributed by atoms with Crippen LogP contribution in [0.5, 0.6) is 0 Å². The Hall–Kier alpha value is -7.80. The van der Waals surface area contributed by atoms with Crippen LogP contribution in [0.3, 0.4) is 0 Å². The van der Waals surface area contributed by atoms with E-state index in [4.69, 9.17) is 68.6 Å². The molecule has 2 radical (unpaired) electrons. The van der Waals surface area contributed by atoms with Crippen molar-refractivity contribution in [1.29, 1.82) is 1.34 Å². The zero-order valence-corrected chi connectivity index (χ0v) is 84.0. The predicted octanol–water partition coefficient (Wildman–Crippen LogP) is 12.7. The number of nitrogens with zero attached hydrogens (tertiary/aromatic N) is 2. The topological polar surface area (TPSA) is 386 Å². The van der Waals surface area contributed by atoms with Crippen LogP contribution in [0.25, 0.3) is 65.8 Å². The van der Waals surface area contributed by atoms with Gasteiger partial charge in [0.2, 0.25) is 0 Å². The van der Waals surface area contributed by atoms with E-state index in [0.717, 1.165) is 104 Å². The van der Waals surface area contributed by atoms with Crippen LogP contribution in [0.2, 0.25) is 0 Å². The molecule has 27 nitrogen and oxygen atoms in total. The van der Waals surface area contributed by atoms with E-state index in [0.29, 0.717) is 61.0 Å². The molecule has 0 saturated carbocycles. The summed E-state index contributed by atoms with van der Waals surface area (Å²) in [5.74, 6) is 15.7. The minimum Gasteiger partial charge on any atom is -0.493 e. The number of methoxy groups -OCH3 is 2. The Bertz CT molecular complexity index is 5600. The van der Waals surface area contributed by atoms with Crippen LogP contribution in [0.1, 0.15) is 131 Å². The third kappa shape index (κ3) is 36.9. The van der Waals surface area contributed by atoms with Crippen molar-refractivity contribution in [3.8, 4) is 0 Å². The number of hydrogen-bond donors (Lipinski definition) is 5. The minimum atomic E-state index is -5.09. The quantitative estimate of drug-likeness (QED) is 0.00544. The molecule has 0 atom stereocenters. The first kappa shape index (κ1) is 116. The second kappa shape index (κ2) is 57.7. The molecule has 6 aromatic heterocycles. The van der Waals surface area contributed by atoms with Gasteiger partial charge < -0.3 is 85.8 Å². The van der Waals surface area contributed by atoms with Gasteiger partial charge in [-0.15, -0.1) is 10.1 Å². The standard InChI is InChI=1S/C18H13NO4.C11H11BF3O2.C11H12O2.C10H10BF3NO2.C10H9BrO.C10H11NO2.C10H18O5.C8H5NO3.2CH4.BH.2K.H4N2.U/c20-17-14-3-1-2-4-15(14)18(21)19(17)23-10-7-12-5-6-16-13(11-12)8-9-22-16;1-16-5-4-8-2-3-10-9(6-8)7-11(17-10)12(13,14)15;1-12-6-4-9-2-3-11-10(8-9)5-7-13-11;12-11(13,14)10-6-8-5-7(3-4-16-15)1-2-9(8)17-10;11-5-3-8-1-2-10-9(7-8)4-6-12-10;11-13-6-3-8-1-2-10-9(7-8)4-5-12-10;1-9(2,3)14-7(11)13-8(12)15-10(4,5)6;10-7-5-3-1-2-4-6(5)8(11)9(7)12;;;;;;1-2;/h1-6,8-9,11H,7,10H2;2-3,6-7H,4-5H2,1H3;2-3,5,7-8H,4,6H2,1H3;1-2,5-6H,3-4,15H2;1-2,4,6-7H,3,5H2;1-2,4-5,7H,3,6,11H2;1-6H3;1-4,12H;2*1H4;1H;;;1-2H2;/q;-1;;-1;;;;;;;;2*+1;;/i;;;;;;;;;;1D;;;;. The maximum absolute atomic E-state index is 12.5. The Balaban J connectivity index is 0.000000505. The normalized spacial score (nSPS) is 11.7. The van der Waals surface area contributed by atoms with Gasteiger partial charge in [-0.05, 0) is 248 Å². The zero-order chi connectivity index (χ0) is 92.3. The van der Waals surface area contributed by atoms with Crippen LogP contribution in [-0.4, -0.2) is 139 Å². The summed E-state index contributed by atoms with van der Waals surface area (Å²) < 4.78 is 134. The van der Waals surface area contributed by atoms with Gasteiger partial charge >= 0.3 is 129 Å². The molecule has 0 saturated heterocycles. The summed E-state index contributed by atoms with van der Waals surface area (Å²) in [6.07, 6.45) is 9.32. The molecule has 4 amide bonds. The van der Waals surface area contributed by atoms with E-state index < -0.39 is 72.4 Å². The van der Waals surface area contributed by atoms with Crippen molar-refractivity contribution >= 4 is 151 Å². The molecule has 0 aliphatic carbocycles. The number of hydrazine groups is 1. The van der Waals surface area contributed by atoms with Crippen LogP contribution in [0, 0.1) is 31.1 Å². The van der Waals surface area contributed by atoms with Crippen molar-refractivity contribution in [2.45, 2.75) is 106 Å². The average molecular weight is 2150 g/mol. The summed E-state index contributed by atoms with van der Waals surface area (Å²) in [4.78, 5) is 82.8. The minimum absolute atomic E-state index is 0. The Morgan fingerprint density at radius 3 is 0.969 bits per heavy atom. The number of hydrogen-bond acceptors (Lipinski definition) is 25. The SMILES string of the molecule is BrCCc1ccc2occc2c1.C.C.CC(C)(C)OC(=O)OC(=O)OC(C)(C)C.COCCc1ccc2oc([B-](F)(F)F)cc2c1.COCCc1ccc2occc2c1.NN.NOCCc1ccc2oc([B-](F)(F)F)cc2c1.NOCCc1ccc2occc2c1.O=C1c2ccccc2C(=O)N1O.O=C1c2ccccc2C(=O)N1OCCc1ccc2occc2c1.[2H][B].[K+].[K+].[U]. The van der Waals surface area contributed by atoms with Gasteiger partial charge in [-0.2, -0.15) is 0 Å². The maximum atomic E-state index is 12.5. The summed E-state index contributed by atoms with van der Waals surface area (Å²) in [6.45, 7) is 2.27. The van der Waals surface area contributed by atoms with Crippen LogP contribution < -0.4 is 138 Å². The molecule has 8 heterocycles. The molecule has 2 aliphatic rings. The van der Waals surface area contributed by atoms with E-state index >= 15 is 0 Å². The molecule has 40 heteroatoms. The Morgan fingerprint density at radius 1 is 0.423 bits per heavy atom. The smallest absolute Gasteiger partial charge is 0.493 e. The number of nitrogens with two attached hydrogens (primary N) is 4. The van der Waals surface area contributed by atoms with E-state index in [1.807, 2.05) is 66.7 Å². The molecule has 8 aromatic carbocycles. The van der Waals surface area contributed by atoms with Gasteiger partial charge in [0, 0.05) is 103 Å². The van der Waals surface area contributed by atoms with Crippen LogP contribution in [-0.2, 0) is 76.7 Å². The van der Waals surface area contributed by atoms with E-state index in [2.05, 4.69) is 80.7 Å². The number of carbonyl (C=O) groups is 6. The predicted molar refractivity (Wildman–Crippen MR) is 479 cm³/mol. The number of furan rings is 6. The number of carbonyl (C=O) groups excluding carboxylic acids is 6. The number of halogens is 7. The number of fused-ring (bicyclic) bond motifs is 8. The van der Waals surface area contributed by atoms with Gasteiger partial charge in [0.15, 0.2) is 0 Å². The maximum Gasteiger partial charge on any atom is 1.00 e. The molecule has 14 aromatic rings. The van der Waals surface area contributed by atoms with Gasteiger partial charge in [-0.3, -0.25) is 40.9 Å². The number of alkyl halides is 1. The van der Waals surface area contributed by atoms with Gasteiger partial charge in [0.25, 0.3) is 23.6 Å². The van der Waals surface area contributed by atoms with Gasteiger partial charge in [0.05, 0.1) is 80.3 Å². The molecule has 9 N–H and O–H groups in total. The third-order valence-electron chi connectivity index (χ3n) is 17.6. The molecular formula is C90H102B3BrF6K2N6O21U. The molecule has 0 spiro atoms. The van der Waals surface area contributed by atoms with Crippen molar-refractivity contribution in [2.24, 2.45) is 23.5 Å². The number of benzene rings is 8. The van der Waals surface area contributed by atoms with E-state index in [1.54, 1.807) is 148 Å². The first-order chi connectivity index (χ1) is 60.1. The summed E-state index contributed by atoms with van der Waals surface area (Å²) >= 11 is 3.42. The second-order valence-corrected chi connectivity index (χ2v) is 29.9. The number of rotatable bonds is 20. The van der Waals surface area contributed by atoms with E-state index in [1.165, 1.54) is 40.3 Å². The summed E-state index contributed by atoms with van der Waals surface area (Å²) in [6, 6.07) is 57.2. The first-order valence-electron chi connectivity index (χ1n) is 38.9. The fraction of sp³-hybridized carbons (Fsp3) is 0.267. The van der Waals surface area contributed by atoms with Crippen LogP contribution >= 0.6 is 15.9 Å². The number of imide groups is 2. The number of ether oxygens (including phenoxy) is 5. The van der Waals surface area contributed by atoms with E-state index in [-0.39, 0.29) is 183 Å². The number of amides is 4. The Morgan fingerprint density at radius 2 is 0.692 bits per heavy atom. The van der Waals surface area contributed by atoms with Crippen molar-refractivity contribution in [2.75, 3.05) is 52.6 Å². The van der Waals surface area contributed by atoms with Gasteiger partial charge in [0.1, 0.15) is 44.7 Å². The fourth-order valence-electron chi connectivity index (χ4n) is 11.8. The molecule has 16 rings (SSSR count). The Labute approximate surface area is 868 Å².